The number of amides is 1. The van der Waals surface area contributed by atoms with Crippen LogP contribution in [-0.2, 0) is 19.6 Å². The Hall–Kier alpha value is -2.29. The number of nitrogens with zero attached hydrogens (tertiary/aromatic N) is 1. The van der Waals surface area contributed by atoms with Gasteiger partial charge in [0.15, 0.2) is 6.10 Å². The molecule has 29 heavy (non-hydrogen) atoms. The average molecular weight is 439 g/mol. The van der Waals surface area contributed by atoms with Gasteiger partial charge < -0.3 is 14.4 Å². The number of hydrogen-bond donors (Lipinski definition) is 1. The number of carbonyl (C=O) groups excluding carboxylic acids is 1. The van der Waals surface area contributed by atoms with Gasteiger partial charge in [-0.15, -0.1) is 0 Å². The summed E-state index contributed by atoms with van der Waals surface area (Å²) in [6.07, 6.45) is -0.677. The second kappa shape index (κ2) is 9.02. The van der Waals surface area contributed by atoms with E-state index in [1.807, 2.05) is 6.92 Å². The topological polar surface area (TPSA) is 84.9 Å². The van der Waals surface area contributed by atoms with Crippen molar-refractivity contribution in [1.82, 2.24) is 4.90 Å². The van der Waals surface area contributed by atoms with Crippen LogP contribution in [0.15, 0.2) is 47.4 Å². The molecule has 1 heterocycles. The Morgan fingerprint density at radius 2 is 1.83 bits per heavy atom. The molecule has 0 aliphatic carbocycles. The molecule has 2 aromatic carbocycles. The van der Waals surface area contributed by atoms with E-state index in [0.717, 1.165) is 5.56 Å². The highest BCUT2D eigenvalue weighted by Crippen LogP contribution is 2.24. The van der Waals surface area contributed by atoms with Crippen molar-refractivity contribution in [2.45, 2.75) is 24.8 Å². The van der Waals surface area contributed by atoms with Crippen molar-refractivity contribution in [3.8, 4) is 5.75 Å². The molecule has 2 aromatic rings. The van der Waals surface area contributed by atoms with Crippen LogP contribution in [0.4, 0.5) is 5.69 Å². The monoisotopic (exact) mass is 438 g/mol. The van der Waals surface area contributed by atoms with Gasteiger partial charge in [-0.05, 0) is 55.8 Å². The predicted molar refractivity (Wildman–Crippen MR) is 111 cm³/mol. The molecule has 1 amide bonds. The molecule has 1 aliphatic rings. The number of carbonyl (C=O) groups is 1. The van der Waals surface area contributed by atoms with Crippen LogP contribution in [0.1, 0.15) is 12.5 Å². The molecule has 7 nitrogen and oxygen atoms in total. The fourth-order valence-electron chi connectivity index (χ4n) is 2.86. The standard InChI is InChI=1S/C20H23ClN2O5S/c1-14-3-4-16(13-19(14)21)22-29(25,26)18-7-5-17(6-8-18)28-15(2)20(24)23-9-11-27-12-10-23/h3-8,13,15,22H,9-12H2,1-2H3/t15-/m0/s1. The lowest BCUT2D eigenvalue weighted by Gasteiger charge is -2.29. The summed E-state index contributed by atoms with van der Waals surface area (Å²) in [5.41, 5.74) is 1.24. The molecule has 0 spiro atoms. The molecular weight excluding hydrogens is 416 g/mol. The lowest BCUT2D eigenvalue weighted by Crippen LogP contribution is -2.46. The molecule has 3 rings (SSSR count). The van der Waals surface area contributed by atoms with Crippen LogP contribution in [0.5, 0.6) is 5.75 Å². The number of hydrogen-bond acceptors (Lipinski definition) is 5. The fourth-order valence-corrected chi connectivity index (χ4v) is 4.09. The van der Waals surface area contributed by atoms with Crippen molar-refractivity contribution in [2.75, 3.05) is 31.0 Å². The maximum absolute atomic E-state index is 12.6. The minimum atomic E-state index is -3.77. The molecular formula is C20H23ClN2O5S. The van der Waals surface area contributed by atoms with Crippen molar-refractivity contribution in [2.24, 2.45) is 0 Å². The molecule has 0 radical (unpaired) electrons. The first-order valence-electron chi connectivity index (χ1n) is 9.18. The van der Waals surface area contributed by atoms with Crippen LogP contribution in [-0.4, -0.2) is 51.6 Å². The molecule has 0 unspecified atom stereocenters. The molecule has 156 valence electrons. The van der Waals surface area contributed by atoms with Gasteiger partial charge in [-0.3, -0.25) is 9.52 Å². The highest BCUT2D eigenvalue weighted by atomic mass is 35.5. The molecule has 9 heteroatoms. The molecule has 0 bridgehead atoms. The molecule has 1 saturated heterocycles. The lowest BCUT2D eigenvalue weighted by molar-refractivity contribution is -0.142. The minimum Gasteiger partial charge on any atom is -0.481 e. The molecule has 1 atom stereocenters. The van der Waals surface area contributed by atoms with Gasteiger partial charge in [-0.1, -0.05) is 17.7 Å². The van der Waals surface area contributed by atoms with Gasteiger partial charge >= 0.3 is 0 Å². The summed E-state index contributed by atoms with van der Waals surface area (Å²) >= 11 is 6.05. The maximum Gasteiger partial charge on any atom is 0.263 e. The Bertz CT molecular complexity index is 973. The second-order valence-electron chi connectivity index (χ2n) is 6.74. The minimum absolute atomic E-state index is 0.0775. The third kappa shape index (κ3) is 5.41. The quantitative estimate of drug-likeness (QED) is 0.749. The molecule has 0 aromatic heterocycles. The maximum atomic E-state index is 12.6. The number of rotatable bonds is 6. The van der Waals surface area contributed by atoms with Gasteiger partial charge in [-0.2, -0.15) is 0 Å². The average Bonchev–Trinajstić information content (AvgIpc) is 2.71. The van der Waals surface area contributed by atoms with Gasteiger partial charge in [0.1, 0.15) is 5.75 Å². The van der Waals surface area contributed by atoms with E-state index in [1.165, 1.54) is 24.3 Å². The van der Waals surface area contributed by atoms with E-state index in [0.29, 0.717) is 42.8 Å². The number of halogens is 1. The van der Waals surface area contributed by atoms with Gasteiger partial charge in [0.05, 0.1) is 23.8 Å². The summed E-state index contributed by atoms with van der Waals surface area (Å²) in [5.74, 6) is 0.291. The Labute approximate surface area is 175 Å². The van der Waals surface area contributed by atoms with Crippen LogP contribution in [0.25, 0.3) is 0 Å². The smallest absolute Gasteiger partial charge is 0.263 e. The summed E-state index contributed by atoms with van der Waals surface area (Å²) in [5, 5.41) is 0.480. The Morgan fingerprint density at radius 1 is 1.17 bits per heavy atom. The number of aryl methyl sites for hydroxylation is 1. The van der Waals surface area contributed by atoms with Crippen LogP contribution in [0.2, 0.25) is 5.02 Å². The van der Waals surface area contributed by atoms with E-state index >= 15 is 0 Å². The number of sulfonamides is 1. The van der Waals surface area contributed by atoms with Crippen molar-refractivity contribution < 1.29 is 22.7 Å². The third-order valence-corrected chi connectivity index (χ3v) is 6.35. The summed E-state index contributed by atoms with van der Waals surface area (Å²) in [6, 6.07) is 10.9. The van der Waals surface area contributed by atoms with E-state index in [-0.39, 0.29) is 10.8 Å². The first-order valence-corrected chi connectivity index (χ1v) is 11.0. The Balaban J connectivity index is 1.65. The number of morpholine rings is 1. The van der Waals surface area contributed by atoms with Crippen molar-refractivity contribution in [3.63, 3.8) is 0 Å². The van der Waals surface area contributed by atoms with Gasteiger partial charge in [0.2, 0.25) is 0 Å². The summed E-state index contributed by atoms with van der Waals surface area (Å²) in [4.78, 5) is 14.2. The van der Waals surface area contributed by atoms with E-state index < -0.39 is 16.1 Å². The molecule has 1 fully saturated rings. The summed E-state index contributed by atoms with van der Waals surface area (Å²) in [6.45, 7) is 5.63. The van der Waals surface area contributed by atoms with Crippen LogP contribution in [0, 0.1) is 6.92 Å². The van der Waals surface area contributed by atoms with Crippen molar-refractivity contribution in [1.29, 1.82) is 0 Å². The highest BCUT2D eigenvalue weighted by Gasteiger charge is 2.24. The molecule has 1 N–H and O–H groups in total. The first kappa shape index (κ1) is 21.4. The Kier molecular flexibility index (Phi) is 6.66. The summed E-state index contributed by atoms with van der Waals surface area (Å²) in [7, 11) is -3.77. The van der Waals surface area contributed by atoms with Crippen LogP contribution >= 0.6 is 11.6 Å². The van der Waals surface area contributed by atoms with Gasteiger partial charge in [0.25, 0.3) is 15.9 Å². The second-order valence-corrected chi connectivity index (χ2v) is 8.83. The van der Waals surface area contributed by atoms with Gasteiger partial charge in [0, 0.05) is 18.1 Å². The van der Waals surface area contributed by atoms with E-state index in [9.17, 15) is 13.2 Å². The third-order valence-electron chi connectivity index (χ3n) is 4.54. The summed E-state index contributed by atoms with van der Waals surface area (Å²) < 4.78 is 38.6. The Morgan fingerprint density at radius 3 is 2.45 bits per heavy atom. The highest BCUT2D eigenvalue weighted by molar-refractivity contribution is 7.92. The number of nitrogens with one attached hydrogen (secondary N) is 1. The predicted octanol–water partition coefficient (Wildman–Crippen LogP) is 3.08. The SMILES string of the molecule is Cc1ccc(NS(=O)(=O)c2ccc(O[C@@H](C)C(=O)N3CCOCC3)cc2)cc1Cl. The normalized spacial score (nSPS) is 15.6. The first-order chi connectivity index (χ1) is 13.8. The van der Waals surface area contributed by atoms with Crippen molar-refractivity contribution in [3.05, 3.63) is 53.1 Å². The molecule has 1 aliphatic heterocycles. The zero-order valence-corrected chi connectivity index (χ0v) is 17.8. The zero-order chi connectivity index (χ0) is 21.0. The lowest BCUT2D eigenvalue weighted by atomic mass is 10.2. The van der Waals surface area contributed by atoms with Crippen molar-refractivity contribution >= 4 is 33.2 Å². The fraction of sp³-hybridized carbons (Fsp3) is 0.350. The van der Waals surface area contributed by atoms with Gasteiger partial charge in [-0.25, -0.2) is 8.42 Å². The van der Waals surface area contributed by atoms with Crippen LogP contribution < -0.4 is 9.46 Å². The number of anilines is 1. The zero-order valence-electron chi connectivity index (χ0n) is 16.2. The van der Waals surface area contributed by atoms with E-state index in [2.05, 4.69) is 4.72 Å². The number of ether oxygens (including phenoxy) is 2. The largest absolute Gasteiger partial charge is 0.481 e. The van der Waals surface area contributed by atoms with E-state index in [4.69, 9.17) is 21.1 Å². The van der Waals surface area contributed by atoms with Crippen LogP contribution in [0.3, 0.4) is 0 Å². The molecule has 0 saturated carbocycles. The van der Waals surface area contributed by atoms with E-state index in [1.54, 1.807) is 30.0 Å². The number of benzene rings is 2.